The molecule has 5 rings (SSSR count). The van der Waals surface area contributed by atoms with Gasteiger partial charge in [-0.25, -0.2) is 9.37 Å². The first-order valence-corrected chi connectivity index (χ1v) is 10.7. The molecule has 0 radical (unpaired) electrons. The number of furan rings is 1. The Morgan fingerprint density at radius 2 is 1.88 bits per heavy atom. The minimum Gasteiger partial charge on any atom is -0.503 e. The molecule has 0 fully saturated rings. The molecule has 2 aromatic heterocycles. The second kappa shape index (κ2) is 7.42. The number of ketones is 1. The molecule has 0 aliphatic carbocycles. The van der Waals surface area contributed by atoms with Gasteiger partial charge >= 0.3 is 0 Å². The first-order valence-electron chi connectivity index (χ1n) is 9.84. The number of halogens is 1. The van der Waals surface area contributed by atoms with Gasteiger partial charge in [0.1, 0.15) is 11.6 Å². The van der Waals surface area contributed by atoms with Crippen LogP contribution in [0.5, 0.6) is 0 Å². The fourth-order valence-corrected chi connectivity index (χ4v) is 4.79. The molecule has 160 valence electrons. The van der Waals surface area contributed by atoms with Crippen molar-refractivity contribution in [2.45, 2.75) is 19.9 Å². The summed E-state index contributed by atoms with van der Waals surface area (Å²) in [6, 6.07) is 13.7. The average Bonchev–Trinajstić information content (AvgIpc) is 3.44. The number of Topliss-reactive ketones (excluding diaryl/α,β-unsaturated/α-hetero) is 1. The second-order valence-electron chi connectivity index (χ2n) is 7.60. The fraction of sp³-hybridized carbons (Fsp3) is 0.125. The highest BCUT2D eigenvalue weighted by molar-refractivity contribution is 7.22. The van der Waals surface area contributed by atoms with E-state index in [0.717, 1.165) is 16.9 Å². The number of anilines is 1. The van der Waals surface area contributed by atoms with Crippen LogP contribution in [0, 0.1) is 19.7 Å². The van der Waals surface area contributed by atoms with Crippen molar-refractivity contribution in [1.29, 1.82) is 0 Å². The number of fused-ring (bicyclic) bond motifs is 1. The number of thiazole rings is 1. The summed E-state index contributed by atoms with van der Waals surface area (Å²) in [5.41, 5.74) is 2.06. The van der Waals surface area contributed by atoms with Crippen LogP contribution >= 0.6 is 11.3 Å². The van der Waals surface area contributed by atoms with Crippen LogP contribution in [0.2, 0.25) is 0 Å². The van der Waals surface area contributed by atoms with Crippen LogP contribution in [0.1, 0.15) is 33.5 Å². The predicted octanol–water partition coefficient (Wildman–Crippen LogP) is 5.43. The van der Waals surface area contributed by atoms with Crippen molar-refractivity contribution in [2.75, 3.05) is 4.90 Å². The molecule has 32 heavy (non-hydrogen) atoms. The van der Waals surface area contributed by atoms with E-state index in [1.807, 2.05) is 19.1 Å². The van der Waals surface area contributed by atoms with Gasteiger partial charge in [0.15, 0.2) is 16.7 Å². The lowest BCUT2D eigenvalue weighted by Crippen LogP contribution is -2.30. The van der Waals surface area contributed by atoms with E-state index in [0.29, 0.717) is 21.5 Å². The molecule has 0 saturated carbocycles. The van der Waals surface area contributed by atoms with Gasteiger partial charge in [0.05, 0.1) is 21.8 Å². The summed E-state index contributed by atoms with van der Waals surface area (Å²) >= 11 is 1.11. The van der Waals surface area contributed by atoms with Gasteiger partial charge in [0, 0.05) is 0 Å². The molecule has 1 amide bonds. The number of aliphatic hydroxyl groups is 1. The topological polar surface area (TPSA) is 83.6 Å². The van der Waals surface area contributed by atoms with Gasteiger partial charge in [-0.05, 0) is 49.7 Å². The maximum absolute atomic E-state index is 13.7. The van der Waals surface area contributed by atoms with E-state index in [1.165, 1.54) is 29.2 Å². The summed E-state index contributed by atoms with van der Waals surface area (Å²) < 4.78 is 19.7. The fourth-order valence-electron chi connectivity index (χ4n) is 3.78. The Labute approximate surface area is 186 Å². The third-order valence-electron chi connectivity index (χ3n) is 5.36. The molecule has 0 unspecified atom stereocenters. The van der Waals surface area contributed by atoms with Gasteiger partial charge in [-0.3, -0.25) is 14.5 Å². The maximum atomic E-state index is 13.7. The van der Waals surface area contributed by atoms with Gasteiger partial charge < -0.3 is 9.52 Å². The quantitative estimate of drug-likeness (QED) is 0.421. The van der Waals surface area contributed by atoms with Crippen LogP contribution in [0.15, 0.2) is 70.3 Å². The molecule has 8 heteroatoms. The highest BCUT2D eigenvalue weighted by Gasteiger charge is 2.46. The highest BCUT2D eigenvalue weighted by atomic mass is 32.1. The zero-order valence-corrected chi connectivity index (χ0v) is 17.9. The van der Waals surface area contributed by atoms with Gasteiger partial charge in [-0.2, -0.15) is 0 Å². The summed E-state index contributed by atoms with van der Waals surface area (Å²) in [7, 11) is 0. The Bertz CT molecular complexity index is 1420. The molecule has 1 N–H and O–H groups in total. The summed E-state index contributed by atoms with van der Waals surface area (Å²) in [4.78, 5) is 32.2. The number of hydrogen-bond donors (Lipinski definition) is 1. The van der Waals surface area contributed by atoms with E-state index in [1.54, 1.807) is 25.1 Å². The standard InChI is InChI=1S/C24H17FN2O4S/c1-12-3-6-14(7-4-12)20-19(21(28)17-10-5-13(2)31-17)22(29)23(30)27(20)24-26-16-9-8-15(25)11-18(16)32-24/h3-11,20,29H,1-2H3/t20-/m1/s1. The van der Waals surface area contributed by atoms with Gasteiger partial charge in [-0.15, -0.1) is 0 Å². The number of aliphatic hydroxyl groups excluding tert-OH is 1. The minimum absolute atomic E-state index is 0.0298. The van der Waals surface area contributed by atoms with Crippen LogP contribution in [-0.4, -0.2) is 21.8 Å². The normalized spacial score (nSPS) is 16.4. The monoisotopic (exact) mass is 448 g/mol. The van der Waals surface area contributed by atoms with Gasteiger partial charge in [0.2, 0.25) is 5.78 Å². The summed E-state index contributed by atoms with van der Waals surface area (Å²) in [5.74, 6) is -1.83. The molecule has 0 spiro atoms. The van der Waals surface area contributed by atoms with Crippen molar-refractivity contribution in [2.24, 2.45) is 0 Å². The number of carbonyl (C=O) groups excluding carboxylic acids is 2. The lowest BCUT2D eigenvalue weighted by Gasteiger charge is -2.24. The predicted molar refractivity (Wildman–Crippen MR) is 118 cm³/mol. The molecule has 4 aromatic rings. The molecular weight excluding hydrogens is 431 g/mol. The number of benzene rings is 2. The van der Waals surface area contributed by atoms with E-state index >= 15 is 0 Å². The second-order valence-corrected chi connectivity index (χ2v) is 8.61. The van der Waals surface area contributed by atoms with Crippen LogP contribution in [0.3, 0.4) is 0 Å². The number of rotatable bonds is 4. The summed E-state index contributed by atoms with van der Waals surface area (Å²) in [5, 5.41) is 11.0. The lowest BCUT2D eigenvalue weighted by atomic mass is 9.94. The first-order chi connectivity index (χ1) is 15.3. The lowest BCUT2D eigenvalue weighted by molar-refractivity contribution is -0.117. The van der Waals surface area contributed by atoms with Crippen molar-refractivity contribution in [3.63, 3.8) is 0 Å². The van der Waals surface area contributed by atoms with Gasteiger partial charge in [0.25, 0.3) is 5.91 Å². The summed E-state index contributed by atoms with van der Waals surface area (Å²) in [6.07, 6.45) is 0. The number of carbonyl (C=O) groups is 2. The molecule has 1 atom stereocenters. The van der Waals surface area contributed by atoms with Crippen LogP contribution in [0.25, 0.3) is 10.2 Å². The largest absolute Gasteiger partial charge is 0.503 e. The molecule has 0 bridgehead atoms. The van der Waals surface area contributed by atoms with E-state index in [2.05, 4.69) is 4.98 Å². The molecule has 1 aliphatic heterocycles. The minimum atomic E-state index is -0.911. The molecule has 6 nitrogen and oxygen atoms in total. The zero-order chi connectivity index (χ0) is 22.6. The highest BCUT2D eigenvalue weighted by Crippen LogP contribution is 2.44. The number of amides is 1. The van der Waals surface area contributed by atoms with Crippen LogP contribution in [-0.2, 0) is 4.79 Å². The summed E-state index contributed by atoms with van der Waals surface area (Å²) in [6.45, 7) is 3.63. The van der Waals surface area contributed by atoms with E-state index in [4.69, 9.17) is 4.42 Å². The van der Waals surface area contributed by atoms with Crippen molar-refractivity contribution in [3.8, 4) is 0 Å². The van der Waals surface area contributed by atoms with Crippen molar-refractivity contribution < 1.29 is 23.5 Å². The number of hydrogen-bond acceptors (Lipinski definition) is 6. The molecule has 2 aromatic carbocycles. The Morgan fingerprint density at radius 1 is 1.12 bits per heavy atom. The van der Waals surface area contributed by atoms with Crippen LogP contribution < -0.4 is 4.90 Å². The number of aryl methyl sites for hydroxylation is 2. The average molecular weight is 448 g/mol. The Balaban J connectivity index is 1.68. The van der Waals surface area contributed by atoms with Crippen molar-refractivity contribution in [3.05, 3.63) is 94.4 Å². The van der Waals surface area contributed by atoms with Gasteiger partial charge in [-0.1, -0.05) is 41.2 Å². The maximum Gasteiger partial charge on any atom is 0.296 e. The smallest absolute Gasteiger partial charge is 0.296 e. The van der Waals surface area contributed by atoms with E-state index in [-0.39, 0.29) is 16.5 Å². The molecule has 3 heterocycles. The molecular formula is C24H17FN2O4S. The third kappa shape index (κ3) is 3.20. The third-order valence-corrected chi connectivity index (χ3v) is 6.37. The van der Waals surface area contributed by atoms with Crippen molar-refractivity contribution in [1.82, 2.24) is 4.98 Å². The number of aromatic nitrogens is 1. The molecule has 1 aliphatic rings. The Kier molecular flexibility index (Phi) is 4.67. The zero-order valence-electron chi connectivity index (χ0n) is 17.1. The Morgan fingerprint density at radius 3 is 2.56 bits per heavy atom. The SMILES string of the molecule is Cc1ccc([C@@H]2C(C(=O)c3ccc(C)o3)=C(O)C(=O)N2c2nc3ccc(F)cc3s2)cc1. The number of nitrogens with zero attached hydrogens (tertiary/aromatic N) is 2. The molecule has 0 saturated heterocycles. The Hall–Kier alpha value is -3.78. The van der Waals surface area contributed by atoms with Crippen molar-refractivity contribution >= 4 is 38.4 Å². The first kappa shape index (κ1) is 20.1. The van der Waals surface area contributed by atoms with E-state index < -0.39 is 29.3 Å². The van der Waals surface area contributed by atoms with Crippen LogP contribution in [0.4, 0.5) is 9.52 Å². The van der Waals surface area contributed by atoms with E-state index in [9.17, 15) is 19.1 Å².